The van der Waals surface area contributed by atoms with Gasteiger partial charge in [0.05, 0.1) is 11.9 Å². The van der Waals surface area contributed by atoms with E-state index in [-0.39, 0.29) is 18.1 Å². The molecule has 0 radical (unpaired) electrons. The first-order chi connectivity index (χ1) is 7.24. The van der Waals surface area contributed by atoms with Gasteiger partial charge in [-0.15, -0.1) is 0 Å². The molecule has 0 aromatic carbocycles. The number of rotatable bonds is 4. The second-order valence-corrected chi connectivity index (χ2v) is 2.75. The molecule has 0 unspecified atom stereocenters. The van der Waals surface area contributed by atoms with Crippen LogP contribution in [0.4, 0.5) is 0 Å². The summed E-state index contributed by atoms with van der Waals surface area (Å²) in [7, 11) is 0. The Hall–Kier alpha value is -2.14. The van der Waals surface area contributed by atoms with Gasteiger partial charge >= 0.3 is 0 Å². The van der Waals surface area contributed by atoms with E-state index in [1.54, 1.807) is 6.92 Å². The molecule has 78 valence electrons. The van der Waals surface area contributed by atoms with Gasteiger partial charge in [-0.2, -0.15) is 0 Å². The molecule has 0 bridgehead atoms. The molecule has 7 heteroatoms. The molecule has 1 aromatic rings. The summed E-state index contributed by atoms with van der Waals surface area (Å²) in [6.07, 6.45) is 2.92. The molecule has 7 nitrogen and oxygen atoms in total. The summed E-state index contributed by atoms with van der Waals surface area (Å²) in [5.74, 6) is -0.323. The quantitative estimate of drug-likeness (QED) is 0.341. The molecular formula is C8H10N6O. The molecular weight excluding hydrogens is 196 g/mol. The smallest absolute Gasteiger partial charge is 0.271 e. The molecule has 0 fully saturated rings. The number of carbonyl (C=O) groups is 1. The Morgan fingerprint density at radius 3 is 3.00 bits per heavy atom. The maximum atomic E-state index is 11.4. The van der Waals surface area contributed by atoms with Crippen LogP contribution < -0.4 is 5.32 Å². The topological polar surface area (TPSA) is 104 Å². The summed E-state index contributed by atoms with van der Waals surface area (Å²) in [6, 6.07) is 0. The van der Waals surface area contributed by atoms with Crippen LogP contribution in [-0.4, -0.2) is 29.0 Å². The van der Waals surface area contributed by atoms with E-state index < -0.39 is 0 Å². The van der Waals surface area contributed by atoms with Crippen molar-refractivity contribution in [1.82, 2.24) is 15.3 Å². The highest BCUT2D eigenvalue weighted by Crippen LogP contribution is 1.93. The van der Waals surface area contributed by atoms with Gasteiger partial charge in [0.2, 0.25) is 0 Å². The molecule has 1 rings (SSSR count). The van der Waals surface area contributed by atoms with Gasteiger partial charge in [-0.25, -0.2) is 4.98 Å². The second kappa shape index (κ2) is 5.56. The third-order valence-electron chi connectivity index (χ3n) is 1.57. The van der Waals surface area contributed by atoms with Crippen LogP contribution in [0.5, 0.6) is 0 Å². The lowest BCUT2D eigenvalue weighted by atomic mass is 10.4. The highest BCUT2D eigenvalue weighted by atomic mass is 16.1. The minimum atomic E-state index is -0.323. The number of aryl methyl sites for hydroxylation is 1. The van der Waals surface area contributed by atoms with Gasteiger partial charge in [0.25, 0.3) is 5.91 Å². The van der Waals surface area contributed by atoms with E-state index >= 15 is 0 Å². The first-order valence-electron chi connectivity index (χ1n) is 4.31. The molecule has 0 spiro atoms. The minimum Gasteiger partial charge on any atom is -0.351 e. The SMILES string of the molecule is Cc1cnc(C(=O)NCCN=[N+]=[N-])cn1. The maximum absolute atomic E-state index is 11.4. The zero-order valence-electron chi connectivity index (χ0n) is 8.21. The number of amides is 1. The molecule has 0 aliphatic heterocycles. The van der Waals surface area contributed by atoms with E-state index in [0.29, 0.717) is 6.54 Å². The summed E-state index contributed by atoms with van der Waals surface area (Å²) in [4.78, 5) is 21.8. The lowest BCUT2D eigenvalue weighted by Gasteiger charge is -2.01. The van der Waals surface area contributed by atoms with Crippen LogP contribution >= 0.6 is 0 Å². The van der Waals surface area contributed by atoms with Crippen LogP contribution in [0.3, 0.4) is 0 Å². The lowest BCUT2D eigenvalue weighted by Crippen LogP contribution is -2.26. The average molecular weight is 206 g/mol. The summed E-state index contributed by atoms with van der Waals surface area (Å²) in [5.41, 5.74) is 9.00. The third kappa shape index (κ3) is 3.61. The van der Waals surface area contributed by atoms with Crippen molar-refractivity contribution in [3.05, 3.63) is 34.2 Å². The van der Waals surface area contributed by atoms with Crippen LogP contribution in [0.25, 0.3) is 10.4 Å². The predicted octanol–water partition coefficient (Wildman–Crippen LogP) is 0.825. The summed E-state index contributed by atoms with van der Waals surface area (Å²) in [6.45, 7) is 2.30. The van der Waals surface area contributed by atoms with E-state index in [1.807, 2.05) is 0 Å². The molecule has 0 aliphatic rings. The Kier molecular flexibility index (Phi) is 4.05. The number of nitrogens with one attached hydrogen (secondary N) is 1. The van der Waals surface area contributed by atoms with Crippen LogP contribution in [-0.2, 0) is 0 Å². The Balaban J connectivity index is 2.46. The first kappa shape index (κ1) is 10.9. The van der Waals surface area contributed by atoms with Gasteiger partial charge < -0.3 is 5.32 Å². The molecule has 1 N–H and O–H groups in total. The van der Waals surface area contributed by atoms with Crippen LogP contribution in [0.1, 0.15) is 16.2 Å². The monoisotopic (exact) mass is 206 g/mol. The predicted molar refractivity (Wildman–Crippen MR) is 53.1 cm³/mol. The number of carbonyl (C=O) groups excluding carboxylic acids is 1. The fourth-order valence-corrected chi connectivity index (χ4v) is 0.865. The zero-order valence-corrected chi connectivity index (χ0v) is 8.21. The van der Waals surface area contributed by atoms with Crippen molar-refractivity contribution < 1.29 is 4.79 Å². The Morgan fingerprint density at radius 2 is 2.40 bits per heavy atom. The number of azide groups is 1. The molecule has 1 aromatic heterocycles. The molecule has 1 amide bonds. The highest BCUT2D eigenvalue weighted by molar-refractivity contribution is 5.91. The van der Waals surface area contributed by atoms with E-state index in [9.17, 15) is 4.79 Å². The van der Waals surface area contributed by atoms with Crippen LogP contribution in [0.2, 0.25) is 0 Å². The minimum absolute atomic E-state index is 0.224. The molecule has 0 atom stereocenters. The summed E-state index contributed by atoms with van der Waals surface area (Å²) < 4.78 is 0. The third-order valence-corrected chi connectivity index (χ3v) is 1.57. The Labute approximate surface area is 86.2 Å². The fraction of sp³-hybridized carbons (Fsp3) is 0.375. The number of hydrogen-bond donors (Lipinski definition) is 1. The number of aromatic nitrogens is 2. The molecule has 0 aliphatic carbocycles. The first-order valence-corrected chi connectivity index (χ1v) is 4.31. The Bertz CT molecular complexity index is 381. The van der Waals surface area contributed by atoms with Crippen molar-refractivity contribution in [3.8, 4) is 0 Å². The van der Waals surface area contributed by atoms with Gasteiger partial charge in [-0.1, -0.05) is 5.11 Å². The largest absolute Gasteiger partial charge is 0.351 e. The van der Waals surface area contributed by atoms with Crippen molar-refractivity contribution in [2.24, 2.45) is 5.11 Å². The van der Waals surface area contributed by atoms with E-state index in [4.69, 9.17) is 5.53 Å². The van der Waals surface area contributed by atoms with Crippen LogP contribution in [0.15, 0.2) is 17.5 Å². The van der Waals surface area contributed by atoms with Crippen molar-refractivity contribution in [1.29, 1.82) is 0 Å². The molecule has 1 heterocycles. The second-order valence-electron chi connectivity index (χ2n) is 2.75. The fourth-order valence-electron chi connectivity index (χ4n) is 0.865. The van der Waals surface area contributed by atoms with E-state index in [2.05, 4.69) is 25.3 Å². The average Bonchev–Trinajstić information content (AvgIpc) is 2.25. The van der Waals surface area contributed by atoms with Gasteiger partial charge in [0, 0.05) is 24.2 Å². The number of nitrogens with zero attached hydrogens (tertiary/aromatic N) is 5. The molecule has 0 saturated heterocycles. The highest BCUT2D eigenvalue weighted by Gasteiger charge is 2.05. The van der Waals surface area contributed by atoms with Crippen molar-refractivity contribution in [2.45, 2.75) is 6.92 Å². The van der Waals surface area contributed by atoms with Crippen molar-refractivity contribution in [2.75, 3.05) is 13.1 Å². The van der Waals surface area contributed by atoms with Gasteiger partial charge in [-0.3, -0.25) is 9.78 Å². The zero-order chi connectivity index (χ0) is 11.1. The van der Waals surface area contributed by atoms with E-state index in [1.165, 1.54) is 12.4 Å². The van der Waals surface area contributed by atoms with Gasteiger partial charge in [-0.05, 0) is 12.5 Å². The lowest BCUT2D eigenvalue weighted by molar-refractivity contribution is 0.0949. The normalized spacial score (nSPS) is 9.13. The Morgan fingerprint density at radius 1 is 1.60 bits per heavy atom. The standard InChI is InChI=1S/C8H10N6O/c1-6-4-12-7(5-11-6)8(15)10-2-3-13-14-9/h4-5H,2-3H2,1H3,(H,10,15). The van der Waals surface area contributed by atoms with Gasteiger partial charge in [0.1, 0.15) is 5.69 Å². The molecule has 0 saturated carbocycles. The van der Waals surface area contributed by atoms with Crippen molar-refractivity contribution in [3.63, 3.8) is 0 Å². The van der Waals surface area contributed by atoms with Crippen molar-refractivity contribution >= 4 is 5.91 Å². The van der Waals surface area contributed by atoms with Crippen LogP contribution in [0, 0.1) is 6.92 Å². The molecule has 15 heavy (non-hydrogen) atoms. The maximum Gasteiger partial charge on any atom is 0.271 e. The van der Waals surface area contributed by atoms with Gasteiger partial charge in [0.15, 0.2) is 0 Å². The number of hydrogen-bond acceptors (Lipinski definition) is 4. The summed E-state index contributed by atoms with van der Waals surface area (Å²) in [5, 5.41) is 5.83. The summed E-state index contributed by atoms with van der Waals surface area (Å²) >= 11 is 0. The van der Waals surface area contributed by atoms with E-state index in [0.717, 1.165) is 5.69 Å².